The molecular weight excluding hydrogens is 410 g/mol. The van der Waals surface area contributed by atoms with E-state index >= 15 is 0 Å². The third-order valence-corrected chi connectivity index (χ3v) is 4.63. The van der Waals surface area contributed by atoms with Crippen LogP contribution >= 0.6 is 11.6 Å². The second-order valence-electron chi connectivity index (χ2n) is 6.31. The first-order chi connectivity index (χ1) is 14.4. The van der Waals surface area contributed by atoms with Gasteiger partial charge in [-0.3, -0.25) is 14.9 Å². The Morgan fingerprint density at radius 3 is 2.60 bits per heavy atom. The number of nitrogens with one attached hydrogen (secondary N) is 1. The van der Waals surface area contributed by atoms with Gasteiger partial charge in [-0.2, -0.15) is 0 Å². The third kappa shape index (κ3) is 3.81. The van der Waals surface area contributed by atoms with Crippen LogP contribution < -0.4 is 10.1 Å². The summed E-state index contributed by atoms with van der Waals surface area (Å²) < 4.78 is 10.7. The molecule has 0 radical (unpaired) electrons. The number of fused-ring (bicyclic) bond motifs is 1. The van der Waals surface area contributed by atoms with Crippen LogP contribution in [0.1, 0.15) is 10.4 Å². The van der Waals surface area contributed by atoms with Crippen molar-refractivity contribution in [3.05, 3.63) is 81.4 Å². The van der Waals surface area contributed by atoms with Crippen molar-refractivity contribution < 1.29 is 18.9 Å². The number of anilines is 1. The fraction of sp³-hybridized carbons (Fsp3) is 0.0476. The van der Waals surface area contributed by atoms with Gasteiger partial charge in [0.1, 0.15) is 5.52 Å². The van der Waals surface area contributed by atoms with Gasteiger partial charge in [-0.1, -0.05) is 11.6 Å². The van der Waals surface area contributed by atoms with Gasteiger partial charge < -0.3 is 14.5 Å². The van der Waals surface area contributed by atoms with Gasteiger partial charge in [-0.05, 0) is 54.6 Å². The number of hydrogen-bond acceptors (Lipinski definition) is 6. The molecule has 9 heteroatoms. The molecule has 0 unspecified atom stereocenters. The number of nitro benzene ring substituents is 1. The van der Waals surface area contributed by atoms with E-state index in [2.05, 4.69) is 10.3 Å². The Kier molecular flexibility index (Phi) is 5.07. The minimum Gasteiger partial charge on any atom is -0.490 e. The van der Waals surface area contributed by atoms with Crippen molar-refractivity contribution >= 4 is 40.0 Å². The number of oxazole rings is 1. The number of ether oxygens (including phenoxy) is 1. The molecule has 0 aliphatic carbocycles. The van der Waals surface area contributed by atoms with Crippen LogP contribution in [-0.2, 0) is 0 Å². The molecule has 4 aromatic rings. The highest BCUT2D eigenvalue weighted by molar-refractivity contribution is 6.30. The molecule has 0 fully saturated rings. The predicted octanol–water partition coefficient (Wildman–Crippen LogP) is 5.32. The first-order valence-corrected chi connectivity index (χ1v) is 9.13. The first-order valence-electron chi connectivity index (χ1n) is 8.75. The topological polar surface area (TPSA) is 108 Å². The number of aromatic nitrogens is 1. The number of rotatable bonds is 5. The summed E-state index contributed by atoms with van der Waals surface area (Å²) in [6.45, 7) is 0. The van der Waals surface area contributed by atoms with E-state index in [1.54, 1.807) is 42.5 Å². The molecule has 1 N–H and O–H groups in total. The summed E-state index contributed by atoms with van der Waals surface area (Å²) >= 11 is 5.91. The van der Waals surface area contributed by atoms with E-state index in [0.717, 1.165) is 5.56 Å². The van der Waals surface area contributed by atoms with Crippen LogP contribution in [0.15, 0.2) is 65.1 Å². The Labute approximate surface area is 175 Å². The maximum atomic E-state index is 12.6. The fourth-order valence-electron chi connectivity index (χ4n) is 2.90. The van der Waals surface area contributed by atoms with Crippen LogP contribution in [0.4, 0.5) is 11.4 Å². The fourth-order valence-corrected chi connectivity index (χ4v) is 3.02. The molecule has 150 valence electrons. The average Bonchev–Trinajstić information content (AvgIpc) is 3.17. The van der Waals surface area contributed by atoms with Gasteiger partial charge in [0, 0.05) is 27.9 Å². The highest BCUT2D eigenvalue weighted by Gasteiger charge is 2.18. The van der Waals surface area contributed by atoms with Crippen LogP contribution in [-0.4, -0.2) is 22.9 Å². The maximum Gasteiger partial charge on any atom is 0.311 e. The molecular formula is C21H14ClN3O5. The van der Waals surface area contributed by atoms with Crippen molar-refractivity contribution in [1.29, 1.82) is 0 Å². The van der Waals surface area contributed by atoms with Gasteiger partial charge in [0.05, 0.1) is 12.0 Å². The van der Waals surface area contributed by atoms with E-state index in [9.17, 15) is 14.9 Å². The van der Waals surface area contributed by atoms with E-state index in [0.29, 0.717) is 27.7 Å². The molecule has 1 aromatic heterocycles. The molecule has 0 atom stereocenters. The van der Waals surface area contributed by atoms with Crippen molar-refractivity contribution in [1.82, 2.24) is 4.98 Å². The maximum absolute atomic E-state index is 12.6. The zero-order chi connectivity index (χ0) is 21.3. The van der Waals surface area contributed by atoms with E-state index in [1.807, 2.05) is 0 Å². The van der Waals surface area contributed by atoms with Crippen molar-refractivity contribution in [2.75, 3.05) is 12.4 Å². The van der Waals surface area contributed by atoms with Crippen LogP contribution in [0.3, 0.4) is 0 Å². The van der Waals surface area contributed by atoms with Gasteiger partial charge in [-0.25, -0.2) is 4.98 Å². The van der Waals surface area contributed by atoms with Gasteiger partial charge >= 0.3 is 5.69 Å². The van der Waals surface area contributed by atoms with Gasteiger partial charge in [0.25, 0.3) is 5.91 Å². The molecule has 1 heterocycles. The lowest BCUT2D eigenvalue weighted by Crippen LogP contribution is -2.12. The Morgan fingerprint density at radius 1 is 1.13 bits per heavy atom. The van der Waals surface area contributed by atoms with Crippen LogP contribution in [0, 0.1) is 10.1 Å². The lowest BCUT2D eigenvalue weighted by molar-refractivity contribution is -0.385. The smallest absolute Gasteiger partial charge is 0.311 e. The Bertz CT molecular complexity index is 1270. The molecule has 0 saturated heterocycles. The Hall–Kier alpha value is -3.91. The summed E-state index contributed by atoms with van der Waals surface area (Å²) in [4.78, 5) is 27.6. The summed E-state index contributed by atoms with van der Waals surface area (Å²) in [6, 6.07) is 16.1. The standard InChI is InChI=1S/C21H14ClN3O5/c1-29-19-8-4-13(10-17(19)25(27)28)20(26)23-15-7-9-18-16(11-15)24-21(30-18)12-2-5-14(22)6-3-12/h2-11H,1H3,(H,23,26). The molecule has 4 rings (SSSR count). The van der Waals surface area contributed by atoms with Crippen LogP contribution in [0.5, 0.6) is 5.75 Å². The quantitative estimate of drug-likeness (QED) is 0.344. The summed E-state index contributed by atoms with van der Waals surface area (Å²) in [7, 11) is 1.33. The molecule has 30 heavy (non-hydrogen) atoms. The average molecular weight is 424 g/mol. The molecule has 8 nitrogen and oxygen atoms in total. The van der Waals surface area contributed by atoms with Crippen LogP contribution in [0.25, 0.3) is 22.6 Å². The van der Waals surface area contributed by atoms with Crippen LogP contribution in [0.2, 0.25) is 5.02 Å². The Morgan fingerprint density at radius 2 is 1.90 bits per heavy atom. The van der Waals surface area contributed by atoms with Crippen molar-refractivity contribution in [2.45, 2.75) is 0 Å². The molecule has 1 amide bonds. The Balaban J connectivity index is 1.59. The van der Waals surface area contributed by atoms with Crippen molar-refractivity contribution in [3.63, 3.8) is 0 Å². The second kappa shape index (κ2) is 7.84. The number of nitro groups is 1. The highest BCUT2D eigenvalue weighted by Crippen LogP contribution is 2.29. The lowest BCUT2D eigenvalue weighted by atomic mass is 10.1. The molecule has 0 bridgehead atoms. The first kappa shape index (κ1) is 19.4. The summed E-state index contributed by atoms with van der Waals surface area (Å²) in [5.74, 6) is 0.00717. The highest BCUT2D eigenvalue weighted by atomic mass is 35.5. The van der Waals surface area contributed by atoms with E-state index < -0.39 is 10.8 Å². The monoisotopic (exact) mass is 423 g/mol. The van der Waals surface area contributed by atoms with Crippen molar-refractivity contribution in [2.24, 2.45) is 0 Å². The van der Waals surface area contributed by atoms with E-state index in [4.69, 9.17) is 20.8 Å². The SMILES string of the molecule is COc1ccc(C(=O)Nc2ccc3oc(-c4ccc(Cl)cc4)nc3c2)cc1[N+](=O)[O-]. The minimum absolute atomic E-state index is 0.0790. The van der Waals surface area contributed by atoms with Gasteiger partial charge in [0.2, 0.25) is 5.89 Å². The summed E-state index contributed by atoms with van der Waals surface area (Å²) in [5, 5.41) is 14.5. The summed E-state index contributed by atoms with van der Waals surface area (Å²) in [5.41, 5.74) is 2.19. The molecule has 0 spiro atoms. The lowest BCUT2D eigenvalue weighted by Gasteiger charge is -2.06. The number of carbonyl (C=O) groups is 1. The second-order valence-corrected chi connectivity index (χ2v) is 6.74. The normalized spacial score (nSPS) is 10.7. The molecule has 0 aliphatic rings. The van der Waals surface area contributed by atoms with Crippen molar-refractivity contribution in [3.8, 4) is 17.2 Å². The number of amides is 1. The minimum atomic E-state index is -0.602. The van der Waals surface area contributed by atoms with Gasteiger partial charge in [0.15, 0.2) is 11.3 Å². The zero-order valence-corrected chi connectivity index (χ0v) is 16.3. The largest absolute Gasteiger partial charge is 0.490 e. The molecule has 0 aliphatic heterocycles. The molecule has 0 saturated carbocycles. The number of methoxy groups -OCH3 is 1. The number of halogens is 1. The van der Waals surface area contributed by atoms with Gasteiger partial charge in [-0.15, -0.1) is 0 Å². The summed E-state index contributed by atoms with van der Waals surface area (Å²) in [6.07, 6.45) is 0. The van der Waals surface area contributed by atoms with E-state index in [1.165, 1.54) is 25.3 Å². The predicted molar refractivity (Wildman–Crippen MR) is 112 cm³/mol. The molecule has 3 aromatic carbocycles. The number of hydrogen-bond donors (Lipinski definition) is 1. The number of nitrogens with zero attached hydrogens (tertiary/aromatic N) is 2. The van der Waals surface area contributed by atoms with E-state index in [-0.39, 0.29) is 17.0 Å². The number of carbonyl (C=O) groups excluding carboxylic acids is 1. The zero-order valence-electron chi connectivity index (χ0n) is 15.6. The number of benzene rings is 3. The third-order valence-electron chi connectivity index (χ3n) is 4.37.